The second-order valence-corrected chi connectivity index (χ2v) is 5.31. The van der Waals surface area contributed by atoms with Gasteiger partial charge in [0.05, 0.1) is 11.4 Å². The predicted octanol–water partition coefficient (Wildman–Crippen LogP) is 4.03. The number of aromatic nitrogens is 2. The van der Waals surface area contributed by atoms with Crippen LogP contribution in [0.15, 0.2) is 6.07 Å². The van der Waals surface area contributed by atoms with E-state index in [4.69, 9.17) is 0 Å². The standard InChI is InChI=1S/C16H22N2/c1-9-8-10(2)18(17-9)16-14(6)12(4)11(3)13(5)15(16)7/h8H,1-7H3. The van der Waals surface area contributed by atoms with Crippen LogP contribution in [0.5, 0.6) is 0 Å². The fourth-order valence-corrected chi connectivity index (χ4v) is 2.65. The van der Waals surface area contributed by atoms with E-state index in [0.717, 1.165) is 5.69 Å². The molecule has 2 heteroatoms. The monoisotopic (exact) mass is 242 g/mol. The van der Waals surface area contributed by atoms with Crippen LogP contribution in [0.25, 0.3) is 5.69 Å². The molecule has 0 N–H and O–H groups in total. The first-order chi connectivity index (χ1) is 8.34. The van der Waals surface area contributed by atoms with Crippen LogP contribution in [-0.2, 0) is 0 Å². The number of hydrogen-bond donors (Lipinski definition) is 0. The van der Waals surface area contributed by atoms with E-state index in [-0.39, 0.29) is 0 Å². The Morgan fingerprint density at radius 2 is 1.17 bits per heavy atom. The topological polar surface area (TPSA) is 17.8 Å². The summed E-state index contributed by atoms with van der Waals surface area (Å²) >= 11 is 0. The molecule has 2 aromatic rings. The second kappa shape index (κ2) is 4.27. The van der Waals surface area contributed by atoms with Crippen LogP contribution in [0, 0.1) is 48.5 Å². The van der Waals surface area contributed by atoms with Gasteiger partial charge < -0.3 is 0 Å². The average Bonchev–Trinajstić information content (AvgIpc) is 2.64. The molecule has 0 aliphatic heterocycles. The van der Waals surface area contributed by atoms with Gasteiger partial charge in [-0.2, -0.15) is 5.10 Å². The van der Waals surface area contributed by atoms with E-state index >= 15 is 0 Å². The van der Waals surface area contributed by atoms with E-state index in [0.29, 0.717) is 0 Å². The summed E-state index contributed by atoms with van der Waals surface area (Å²) in [5.74, 6) is 0. The number of rotatable bonds is 1. The van der Waals surface area contributed by atoms with Gasteiger partial charge in [0.2, 0.25) is 0 Å². The molecule has 0 bridgehead atoms. The average molecular weight is 242 g/mol. The van der Waals surface area contributed by atoms with Crippen LogP contribution in [-0.4, -0.2) is 9.78 Å². The highest BCUT2D eigenvalue weighted by molar-refractivity contribution is 5.57. The number of aryl methyl sites for hydroxylation is 2. The Balaban J connectivity index is 2.84. The van der Waals surface area contributed by atoms with Gasteiger partial charge in [-0.25, -0.2) is 4.68 Å². The van der Waals surface area contributed by atoms with Gasteiger partial charge in [0, 0.05) is 5.69 Å². The zero-order valence-corrected chi connectivity index (χ0v) is 12.5. The predicted molar refractivity (Wildman–Crippen MR) is 76.7 cm³/mol. The van der Waals surface area contributed by atoms with Crippen molar-refractivity contribution in [3.63, 3.8) is 0 Å². The molecule has 2 rings (SSSR count). The summed E-state index contributed by atoms with van der Waals surface area (Å²) in [6, 6.07) is 2.13. The van der Waals surface area contributed by atoms with E-state index in [2.05, 4.69) is 57.4 Å². The molecule has 1 heterocycles. The molecular weight excluding hydrogens is 220 g/mol. The largest absolute Gasteiger partial charge is 0.237 e. The molecule has 0 fully saturated rings. The third kappa shape index (κ3) is 1.76. The molecule has 1 aromatic heterocycles. The van der Waals surface area contributed by atoms with Crippen molar-refractivity contribution in [2.45, 2.75) is 48.5 Å². The van der Waals surface area contributed by atoms with Crippen LogP contribution < -0.4 is 0 Å². The van der Waals surface area contributed by atoms with Gasteiger partial charge >= 0.3 is 0 Å². The quantitative estimate of drug-likeness (QED) is 0.738. The number of nitrogens with zero attached hydrogens (tertiary/aromatic N) is 2. The molecule has 0 atom stereocenters. The van der Waals surface area contributed by atoms with Crippen LogP contribution in [0.2, 0.25) is 0 Å². The van der Waals surface area contributed by atoms with Crippen molar-refractivity contribution in [3.05, 3.63) is 45.3 Å². The zero-order chi connectivity index (χ0) is 13.6. The van der Waals surface area contributed by atoms with E-state index in [1.165, 1.54) is 39.2 Å². The summed E-state index contributed by atoms with van der Waals surface area (Å²) in [4.78, 5) is 0. The third-order valence-corrected chi connectivity index (χ3v) is 4.18. The zero-order valence-electron chi connectivity index (χ0n) is 12.5. The van der Waals surface area contributed by atoms with E-state index in [1.807, 2.05) is 6.92 Å². The van der Waals surface area contributed by atoms with Gasteiger partial charge in [-0.3, -0.25) is 0 Å². The lowest BCUT2D eigenvalue weighted by molar-refractivity contribution is 0.816. The summed E-state index contributed by atoms with van der Waals surface area (Å²) in [5, 5.41) is 4.63. The lowest BCUT2D eigenvalue weighted by Gasteiger charge is -2.19. The van der Waals surface area contributed by atoms with Gasteiger partial charge in [-0.1, -0.05) is 0 Å². The van der Waals surface area contributed by atoms with Crippen LogP contribution in [0.1, 0.15) is 39.2 Å². The number of benzene rings is 1. The van der Waals surface area contributed by atoms with Gasteiger partial charge in [-0.15, -0.1) is 0 Å². The van der Waals surface area contributed by atoms with Gasteiger partial charge in [0.1, 0.15) is 0 Å². The Labute approximate surface area is 110 Å². The first-order valence-corrected chi connectivity index (χ1v) is 6.45. The van der Waals surface area contributed by atoms with Crippen molar-refractivity contribution in [1.29, 1.82) is 0 Å². The minimum atomic E-state index is 1.07. The Morgan fingerprint density at radius 3 is 1.56 bits per heavy atom. The minimum Gasteiger partial charge on any atom is -0.237 e. The summed E-state index contributed by atoms with van der Waals surface area (Å²) in [6.07, 6.45) is 0. The summed E-state index contributed by atoms with van der Waals surface area (Å²) < 4.78 is 2.08. The molecule has 0 radical (unpaired) electrons. The highest BCUT2D eigenvalue weighted by Crippen LogP contribution is 2.29. The van der Waals surface area contributed by atoms with E-state index in [1.54, 1.807) is 0 Å². The van der Waals surface area contributed by atoms with Gasteiger partial charge in [-0.05, 0) is 82.3 Å². The van der Waals surface area contributed by atoms with Crippen LogP contribution >= 0.6 is 0 Å². The smallest absolute Gasteiger partial charge is 0.0712 e. The van der Waals surface area contributed by atoms with Crippen molar-refractivity contribution in [1.82, 2.24) is 9.78 Å². The maximum absolute atomic E-state index is 4.63. The molecule has 0 unspecified atom stereocenters. The highest BCUT2D eigenvalue weighted by Gasteiger charge is 2.15. The van der Waals surface area contributed by atoms with Crippen molar-refractivity contribution in [2.24, 2.45) is 0 Å². The summed E-state index contributed by atoms with van der Waals surface area (Å²) in [6.45, 7) is 15.2. The molecule has 2 nitrogen and oxygen atoms in total. The SMILES string of the molecule is Cc1cc(C)n(-c2c(C)c(C)c(C)c(C)c2C)n1. The fraction of sp³-hybridized carbons (Fsp3) is 0.438. The van der Waals surface area contributed by atoms with E-state index in [9.17, 15) is 0 Å². The maximum Gasteiger partial charge on any atom is 0.0712 e. The molecule has 0 aliphatic rings. The summed E-state index contributed by atoms with van der Waals surface area (Å²) in [5.41, 5.74) is 10.3. The minimum absolute atomic E-state index is 1.07. The van der Waals surface area contributed by atoms with Crippen molar-refractivity contribution >= 4 is 0 Å². The molecule has 18 heavy (non-hydrogen) atoms. The van der Waals surface area contributed by atoms with Crippen molar-refractivity contribution in [2.75, 3.05) is 0 Å². The second-order valence-electron chi connectivity index (χ2n) is 5.31. The summed E-state index contributed by atoms with van der Waals surface area (Å²) in [7, 11) is 0. The molecule has 0 aliphatic carbocycles. The Hall–Kier alpha value is -1.57. The van der Waals surface area contributed by atoms with Gasteiger partial charge in [0.15, 0.2) is 0 Å². The lowest BCUT2D eigenvalue weighted by atomic mass is 9.93. The number of hydrogen-bond acceptors (Lipinski definition) is 1. The Kier molecular flexibility index (Phi) is 3.05. The van der Waals surface area contributed by atoms with Crippen molar-refractivity contribution < 1.29 is 0 Å². The molecular formula is C16H22N2. The highest BCUT2D eigenvalue weighted by atomic mass is 15.3. The normalized spacial score (nSPS) is 11.1. The first kappa shape index (κ1) is 12.9. The molecule has 0 spiro atoms. The van der Waals surface area contributed by atoms with Crippen LogP contribution in [0.4, 0.5) is 0 Å². The Morgan fingerprint density at radius 1 is 0.722 bits per heavy atom. The molecule has 0 saturated heterocycles. The van der Waals surface area contributed by atoms with E-state index < -0.39 is 0 Å². The van der Waals surface area contributed by atoms with Gasteiger partial charge in [0.25, 0.3) is 0 Å². The molecule has 0 saturated carbocycles. The first-order valence-electron chi connectivity index (χ1n) is 6.45. The fourth-order valence-electron chi connectivity index (χ4n) is 2.65. The lowest BCUT2D eigenvalue weighted by Crippen LogP contribution is -2.08. The maximum atomic E-state index is 4.63. The third-order valence-electron chi connectivity index (χ3n) is 4.18. The molecule has 96 valence electrons. The van der Waals surface area contributed by atoms with Crippen molar-refractivity contribution in [3.8, 4) is 5.69 Å². The Bertz CT molecular complexity index is 590. The van der Waals surface area contributed by atoms with Crippen LogP contribution in [0.3, 0.4) is 0 Å². The molecule has 1 aromatic carbocycles. The molecule has 0 amide bonds.